The largest absolute Gasteiger partial charge is 0.313 e. The van der Waals surface area contributed by atoms with Gasteiger partial charge in [0, 0.05) is 12.6 Å². The van der Waals surface area contributed by atoms with Gasteiger partial charge in [0.05, 0.1) is 12.0 Å². The molecule has 2 atom stereocenters. The highest BCUT2D eigenvalue weighted by Crippen LogP contribution is 2.03. The molecule has 0 aliphatic heterocycles. The van der Waals surface area contributed by atoms with Gasteiger partial charge in [-0.05, 0) is 25.8 Å². The van der Waals surface area contributed by atoms with Crippen molar-refractivity contribution in [2.24, 2.45) is 5.92 Å². The summed E-state index contributed by atoms with van der Waals surface area (Å²) >= 11 is 0. The summed E-state index contributed by atoms with van der Waals surface area (Å²) in [5.74, 6) is 0.0863. The molecule has 0 fully saturated rings. The molecule has 0 saturated heterocycles. The van der Waals surface area contributed by atoms with E-state index in [2.05, 4.69) is 42.6 Å². The minimum absolute atomic E-state index is 0.0863. The van der Waals surface area contributed by atoms with Crippen molar-refractivity contribution in [3.05, 3.63) is 35.9 Å². The number of nitriles is 1. The van der Waals surface area contributed by atoms with Gasteiger partial charge in [0.2, 0.25) is 0 Å². The SMILES string of the molecule is CC(C#N)CNC(C)Cc1ccccc1. The molecule has 2 heteroatoms. The summed E-state index contributed by atoms with van der Waals surface area (Å²) in [6.45, 7) is 4.85. The number of nitrogens with zero attached hydrogens (tertiary/aromatic N) is 1. The number of rotatable bonds is 5. The Balaban J connectivity index is 2.31. The summed E-state index contributed by atoms with van der Waals surface area (Å²) in [6.07, 6.45) is 1.01. The summed E-state index contributed by atoms with van der Waals surface area (Å²) in [4.78, 5) is 0. The molecule has 0 aromatic heterocycles. The smallest absolute Gasteiger partial charge is 0.0666 e. The number of hydrogen-bond acceptors (Lipinski definition) is 2. The molecule has 0 amide bonds. The minimum Gasteiger partial charge on any atom is -0.313 e. The molecule has 1 N–H and O–H groups in total. The topological polar surface area (TPSA) is 35.8 Å². The summed E-state index contributed by atoms with van der Waals surface area (Å²) in [5.41, 5.74) is 1.34. The zero-order valence-electron chi connectivity index (χ0n) is 9.40. The van der Waals surface area contributed by atoms with Crippen molar-refractivity contribution >= 4 is 0 Å². The van der Waals surface area contributed by atoms with Crippen LogP contribution in [0.4, 0.5) is 0 Å². The fraction of sp³-hybridized carbons (Fsp3) is 0.462. The fourth-order valence-corrected chi connectivity index (χ4v) is 1.46. The van der Waals surface area contributed by atoms with E-state index in [0.29, 0.717) is 6.04 Å². The maximum absolute atomic E-state index is 8.65. The molecule has 0 aliphatic carbocycles. The highest BCUT2D eigenvalue weighted by molar-refractivity contribution is 5.15. The fourth-order valence-electron chi connectivity index (χ4n) is 1.46. The summed E-state index contributed by atoms with van der Waals surface area (Å²) in [6, 6.07) is 13.0. The summed E-state index contributed by atoms with van der Waals surface area (Å²) in [7, 11) is 0. The standard InChI is InChI=1S/C13H18N2/c1-11(9-14)10-15-12(2)8-13-6-4-3-5-7-13/h3-7,11-12,15H,8,10H2,1-2H3. The van der Waals surface area contributed by atoms with Gasteiger partial charge in [0.15, 0.2) is 0 Å². The van der Waals surface area contributed by atoms with Crippen molar-refractivity contribution in [1.82, 2.24) is 5.32 Å². The van der Waals surface area contributed by atoms with E-state index >= 15 is 0 Å². The number of nitrogens with one attached hydrogen (secondary N) is 1. The van der Waals surface area contributed by atoms with Gasteiger partial charge < -0.3 is 5.32 Å². The van der Waals surface area contributed by atoms with Gasteiger partial charge in [0.25, 0.3) is 0 Å². The van der Waals surface area contributed by atoms with Crippen LogP contribution in [-0.4, -0.2) is 12.6 Å². The Bertz CT molecular complexity index is 313. The Morgan fingerprint density at radius 1 is 1.27 bits per heavy atom. The third-order valence-electron chi connectivity index (χ3n) is 2.38. The lowest BCUT2D eigenvalue weighted by molar-refractivity contribution is 0.508. The molecule has 2 unspecified atom stereocenters. The molecule has 2 nitrogen and oxygen atoms in total. The third kappa shape index (κ3) is 4.62. The van der Waals surface area contributed by atoms with E-state index in [9.17, 15) is 0 Å². The van der Waals surface area contributed by atoms with E-state index in [1.54, 1.807) is 0 Å². The van der Waals surface area contributed by atoms with Gasteiger partial charge in [-0.3, -0.25) is 0 Å². The Kier molecular flexibility index (Phi) is 4.86. The van der Waals surface area contributed by atoms with Crippen LogP contribution in [0.1, 0.15) is 19.4 Å². The lowest BCUT2D eigenvalue weighted by Gasteiger charge is -2.14. The summed E-state index contributed by atoms with van der Waals surface area (Å²) < 4.78 is 0. The van der Waals surface area contributed by atoms with E-state index in [1.165, 1.54) is 5.56 Å². The van der Waals surface area contributed by atoms with Crippen LogP contribution in [0.2, 0.25) is 0 Å². The molecule has 0 saturated carbocycles. The second-order valence-corrected chi connectivity index (χ2v) is 4.03. The second-order valence-electron chi connectivity index (χ2n) is 4.03. The zero-order chi connectivity index (χ0) is 11.1. The first-order valence-corrected chi connectivity index (χ1v) is 5.39. The molecule has 0 heterocycles. The zero-order valence-corrected chi connectivity index (χ0v) is 9.40. The molecule has 1 rings (SSSR count). The lowest BCUT2D eigenvalue weighted by Crippen LogP contribution is -2.31. The van der Waals surface area contributed by atoms with Gasteiger partial charge in [-0.1, -0.05) is 30.3 Å². The van der Waals surface area contributed by atoms with Crippen LogP contribution in [0.3, 0.4) is 0 Å². The number of hydrogen-bond donors (Lipinski definition) is 1. The lowest BCUT2D eigenvalue weighted by atomic mass is 10.1. The first kappa shape index (κ1) is 11.7. The van der Waals surface area contributed by atoms with E-state index in [0.717, 1.165) is 13.0 Å². The van der Waals surface area contributed by atoms with Gasteiger partial charge in [0.1, 0.15) is 0 Å². The molecular formula is C13H18N2. The molecular weight excluding hydrogens is 184 g/mol. The molecule has 15 heavy (non-hydrogen) atoms. The van der Waals surface area contributed by atoms with Crippen LogP contribution in [-0.2, 0) is 6.42 Å². The number of benzene rings is 1. The Morgan fingerprint density at radius 2 is 1.93 bits per heavy atom. The molecule has 0 radical (unpaired) electrons. The maximum Gasteiger partial charge on any atom is 0.0666 e. The van der Waals surface area contributed by atoms with Crippen LogP contribution in [0.15, 0.2) is 30.3 Å². The van der Waals surface area contributed by atoms with E-state index in [4.69, 9.17) is 5.26 Å². The van der Waals surface area contributed by atoms with Crippen molar-refractivity contribution in [2.45, 2.75) is 26.3 Å². The molecule has 1 aromatic rings. The van der Waals surface area contributed by atoms with Crippen molar-refractivity contribution < 1.29 is 0 Å². The van der Waals surface area contributed by atoms with Crippen molar-refractivity contribution in [1.29, 1.82) is 5.26 Å². The first-order chi connectivity index (χ1) is 7.22. The Morgan fingerprint density at radius 3 is 2.53 bits per heavy atom. The van der Waals surface area contributed by atoms with Crippen LogP contribution in [0.5, 0.6) is 0 Å². The highest BCUT2D eigenvalue weighted by Gasteiger charge is 2.04. The molecule has 0 spiro atoms. The van der Waals surface area contributed by atoms with Crippen LogP contribution >= 0.6 is 0 Å². The second kappa shape index (κ2) is 6.21. The Labute approximate surface area is 91.9 Å². The predicted molar refractivity (Wildman–Crippen MR) is 62.4 cm³/mol. The van der Waals surface area contributed by atoms with Crippen molar-refractivity contribution in [3.63, 3.8) is 0 Å². The highest BCUT2D eigenvalue weighted by atomic mass is 14.9. The van der Waals surface area contributed by atoms with E-state index in [1.807, 2.05) is 13.0 Å². The van der Waals surface area contributed by atoms with Crippen molar-refractivity contribution in [3.8, 4) is 6.07 Å². The Hall–Kier alpha value is -1.33. The average Bonchev–Trinajstić information content (AvgIpc) is 2.27. The van der Waals surface area contributed by atoms with Crippen molar-refractivity contribution in [2.75, 3.05) is 6.54 Å². The first-order valence-electron chi connectivity index (χ1n) is 5.39. The normalized spacial score (nSPS) is 14.2. The predicted octanol–water partition coefficient (Wildman–Crippen LogP) is 2.37. The molecule has 1 aromatic carbocycles. The molecule has 0 aliphatic rings. The van der Waals surface area contributed by atoms with Gasteiger partial charge in [-0.15, -0.1) is 0 Å². The monoisotopic (exact) mass is 202 g/mol. The summed E-state index contributed by atoms with van der Waals surface area (Å²) in [5, 5.41) is 12.0. The van der Waals surface area contributed by atoms with E-state index in [-0.39, 0.29) is 5.92 Å². The molecule has 0 bridgehead atoms. The van der Waals surface area contributed by atoms with Gasteiger partial charge >= 0.3 is 0 Å². The average molecular weight is 202 g/mol. The van der Waals surface area contributed by atoms with Gasteiger partial charge in [-0.25, -0.2) is 0 Å². The van der Waals surface area contributed by atoms with Crippen LogP contribution in [0.25, 0.3) is 0 Å². The van der Waals surface area contributed by atoms with Crippen LogP contribution < -0.4 is 5.32 Å². The maximum atomic E-state index is 8.65. The van der Waals surface area contributed by atoms with E-state index < -0.39 is 0 Å². The quantitative estimate of drug-likeness (QED) is 0.795. The molecule has 80 valence electrons. The minimum atomic E-state index is 0.0863. The van der Waals surface area contributed by atoms with Gasteiger partial charge in [-0.2, -0.15) is 5.26 Å². The van der Waals surface area contributed by atoms with Crippen LogP contribution in [0, 0.1) is 17.2 Å². The third-order valence-corrected chi connectivity index (χ3v) is 2.38.